The highest BCUT2D eigenvalue weighted by Gasteiger charge is 2.38. The summed E-state index contributed by atoms with van der Waals surface area (Å²) >= 11 is 0. The van der Waals surface area contributed by atoms with Gasteiger partial charge >= 0.3 is 0 Å². The summed E-state index contributed by atoms with van der Waals surface area (Å²) in [6.07, 6.45) is 3.64. The Morgan fingerprint density at radius 2 is 1.73 bits per heavy atom. The molecule has 8 heteroatoms. The number of piperidine rings is 1. The van der Waals surface area contributed by atoms with Crippen molar-refractivity contribution in [3.63, 3.8) is 0 Å². The van der Waals surface area contributed by atoms with Gasteiger partial charge in [0.25, 0.3) is 5.91 Å². The number of hydrogen-bond donors (Lipinski definition) is 2. The summed E-state index contributed by atoms with van der Waals surface area (Å²) in [5, 5.41) is 9.31. The fourth-order valence-corrected chi connectivity index (χ4v) is 3.90. The van der Waals surface area contributed by atoms with Gasteiger partial charge in [0.05, 0.1) is 11.8 Å². The van der Waals surface area contributed by atoms with Crippen LogP contribution in [0.1, 0.15) is 49.9 Å². The molecule has 2 rings (SSSR count). The van der Waals surface area contributed by atoms with Crippen LogP contribution in [0.5, 0.6) is 0 Å². The average molecular weight is 418 g/mol. The summed E-state index contributed by atoms with van der Waals surface area (Å²) in [5.41, 5.74) is 1.92. The number of imide groups is 1. The van der Waals surface area contributed by atoms with Gasteiger partial charge in [-0.1, -0.05) is 32.0 Å². The molecule has 1 aromatic carbocycles. The second kappa shape index (κ2) is 11.4. The van der Waals surface area contributed by atoms with Gasteiger partial charge in [-0.3, -0.25) is 29.3 Å². The minimum Gasteiger partial charge on any atom is -0.342 e. The maximum absolute atomic E-state index is 13.3. The summed E-state index contributed by atoms with van der Waals surface area (Å²) in [4.78, 5) is 52.9. The number of likely N-dealkylation sites (tertiary alicyclic amines) is 1. The van der Waals surface area contributed by atoms with E-state index in [2.05, 4.69) is 0 Å². The molecule has 0 radical (unpaired) electrons. The number of benzene rings is 1. The summed E-state index contributed by atoms with van der Waals surface area (Å²) in [6.45, 7) is 4.84. The highest BCUT2D eigenvalue weighted by Crippen LogP contribution is 2.26. The molecule has 0 aliphatic carbocycles. The van der Waals surface area contributed by atoms with Crippen molar-refractivity contribution in [2.45, 2.75) is 39.5 Å². The van der Waals surface area contributed by atoms with Crippen LogP contribution in [0, 0.1) is 17.8 Å². The zero-order valence-corrected chi connectivity index (χ0v) is 17.6. The van der Waals surface area contributed by atoms with Crippen LogP contribution in [0.3, 0.4) is 0 Å². The number of nitrogens with one attached hydrogen (secondary N) is 1. The molecular formula is C22H31N3O5. The van der Waals surface area contributed by atoms with Gasteiger partial charge in [-0.15, -0.1) is 0 Å². The van der Waals surface area contributed by atoms with Gasteiger partial charge in [0.2, 0.25) is 18.2 Å². The van der Waals surface area contributed by atoms with Crippen LogP contribution < -0.4 is 5.48 Å². The normalized spacial score (nSPS) is 15.9. The minimum atomic E-state index is -1.05. The minimum absolute atomic E-state index is 0.104. The molecule has 1 saturated heterocycles. The Kier molecular flexibility index (Phi) is 8.98. The second-order valence-electron chi connectivity index (χ2n) is 8.13. The first kappa shape index (κ1) is 23.5. The van der Waals surface area contributed by atoms with E-state index >= 15 is 0 Å². The van der Waals surface area contributed by atoms with E-state index in [-0.39, 0.29) is 18.4 Å². The van der Waals surface area contributed by atoms with Crippen molar-refractivity contribution in [1.82, 2.24) is 15.3 Å². The highest BCUT2D eigenvalue weighted by molar-refractivity contribution is 6.00. The first-order valence-electron chi connectivity index (χ1n) is 10.4. The van der Waals surface area contributed by atoms with Crippen molar-refractivity contribution in [1.29, 1.82) is 0 Å². The number of carbonyl (C=O) groups is 4. The number of rotatable bonds is 9. The molecular weight excluding hydrogens is 386 g/mol. The molecule has 1 fully saturated rings. The Hall–Kier alpha value is -2.74. The fourth-order valence-electron chi connectivity index (χ4n) is 3.90. The summed E-state index contributed by atoms with van der Waals surface area (Å²) in [6, 6.07) is 8.25. The third-order valence-corrected chi connectivity index (χ3v) is 5.45. The second-order valence-corrected chi connectivity index (χ2v) is 8.13. The van der Waals surface area contributed by atoms with Gasteiger partial charge in [-0.2, -0.15) is 0 Å². The Balaban J connectivity index is 2.30. The largest absolute Gasteiger partial charge is 0.342 e. The van der Waals surface area contributed by atoms with Crippen molar-refractivity contribution >= 4 is 24.1 Å². The molecule has 0 saturated carbocycles. The third-order valence-electron chi connectivity index (χ3n) is 5.45. The number of hydrogen-bond acceptors (Lipinski definition) is 5. The van der Waals surface area contributed by atoms with Crippen molar-refractivity contribution in [2.75, 3.05) is 19.6 Å². The van der Waals surface area contributed by atoms with Crippen molar-refractivity contribution in [3.05, 3.63) is 35.9 Å². The molecule has 30 heavy (non-hydrogen) atoms. The third kappa shape index (κ3) is 6.13. The van der Waals surface area contributed by atoms with E-state index in [0.29, 0.717) is 31.5 Å². The number of hydroxylamine groups is 1. The number of carbonyl (C=O) groups excluding carboxylic acids is 4. The highest BCUT2D eigenvalue weighted by atomic mass is 16.5. The number of amides is 4. The maximum Gasteiger partial charge on any atom is 0.260 e. The zero-order valence-electron chi connectivity index (χ0n) is 17.6. The average Bonchev–Trinajstić information content (AvgIpc) is 2.78. The van der Waals surface area contributed by atoms with E-state index in [4.69, 9.17) is 0 Å². The van der Waals surface area contributed by atoms with Gasteiger partial charge in [-0.05, 0) is 43.7 Å². The predicted octanol–water partition coefficient (Wildman–Crippen LogP) is 2.08. The van der Waals surface area contributed by atoms with E-state index in [0.717, 1.165) is 24.2 Å². The van der Waals surface area contributed by atoms with Crippen LogP contribution in [-0.2, 0) is 14.4 Å². The lowest BCUT2D eigenvalue weighted by atomic mass is 9.82. The standard InChI is InChI=1S/C22H31N3O5/c1-16(2)13-18(22(29)24-11-7-4-8-12-24)19(20(27)23-30)14-25(15-26)21(28)17-9-5-3-6-10-17/h3,5-6,9-10,15-16,18-19,30H,4,7-8,11-14H2,1-2H3,(H,23,27)/t18-,19+/m1/s1. The van der Waals surface area contributed by atoms with E-state index in [9.17, 15) is 24.4 Å². The summed E-state index contributed by atoms with van der Waals surface area (Å²) < 4.78 is 0. The summed E-state index contributed by atoms with van der Waals surface area (Å²) in [5.74, 6) is -3.21. The van der Waals surface area contributed by atoms with Crippen molar-refractivity contribution < 1.29 is 24.4 Å². The summed E-state index contributed by atoms with van der Waals surface area (Å²) in [7, 11) is 0. The lowest BCUT2D eigenvalue weighted by molar-refractivity contribution is -0.147. The quantitative estimate of drug-likeness (QED) is 0.363. The van der Waals surface area contributed by atoms with Gasteiger partial charge in [-0.25, -0.2) is 5.48 Å². The molecule has 1 aromatic rings. The van der Waals surface area contributed by atoms with E-state index in [1.165, 1.54) is 0 Å². The molecule has 0 aromatic heterocycles. The molecule has 8 nitrogen and oxygen atoms in total. The Morgan fingerprint density at radius 1 is 1.10 bits per heavy atom. The fraction of sp³-hybridized carbons (Fsp3) is 0.545. The molecule has 0 unspecified atom stereocenters. The maximum atomic E-state index is 13.3. The van der Waals surface area contributed by atoms with Crippen LogP contribution in [0.2, 0.25) is 0 Å². The lowest BCUT2D eigenvalue weighted by Crippen LogP contribution is -2.50. The first-order valence-corrected chi connectivity index (χ1v) is 10.4. The molecule has 1 aliphatic heterocycles. The topological polar surface area (TPSA) is 107 Å². The molecule has 1 aliphatic rings. The smallest absolute Gasteiger partial charge is 0.260 e. The molecule has 0 spiro atoms. The first-order chi connectivity index (χ1) is 14.4. The van der Waals surface area contributed by atoms with Crippen LogP contribution in [0.15, 0.2) is 30.3 Å². The van der Waals surface area contributed by atoms with Gasteiger partial charge < -0.3 is 4.90 Å². The van der Waals surface area contributed by atoms with Crippen LogP contribution in [0.4, 0.5) is 0 Å². The molecule has 2 N–H and O–H groups in total. The molecule has 2 atom stereocenters. The van der Waals surface area contributed by atoms with Gasteiger partial charge in [0.1, 0.15) is 0 Å². The van der Waals surface area contributed by atoms with Crippen LogP contribution in [-0.4, -0.2) is 58.8 Å². The molecule has 1 heterocycles. The molecule has 164 valence electrons. The molecule has 4 amide bonds. The van der Waals surface area contributed by atoms with E-state index < -0.39 is 23.7 Å². The van der Waals surface area contributed by atoms with Gasteiger partial charge in [0, 0.05) is 25.2 Å². The van der Waals surface area contributed by atoms with E-state index in [1.807, 2.05) is 13.8 Å². The van der Waals surface area contributed by atoms with E-state index in [1.54, 1.807) is 40.7 Å². The zero-order chi connectivity index (χ0) is 22.1. The SMILES string of the molecule is CC(C)C[C@@H](C(=O)N1CCCCC1)[C@H](CN(C=O)C(=O)c1ccccc1)C(=O)NO. The number of nitrogens with zero attached hydrogens (tertiary/aromatic N) is 2. The van der Waals surface area contributed by atoms with Gasteiger partial charge in [0.15, 0.2) is 0 Å². The van der Waals surface area contributed by atoms with Crippen LogP contribution in [0.25, 0.3) is 0 Å². The monoisotopic (exact) mass is 417 g/mol. The Labute approximate surface area is 177 Å². The molecule has 0 bridgehead atoms. The Bertz CT molecular complexity index is 732. The van der Waals surface area contributed by atoms with Crippen molar-refractivity contribution in [2.24, 2.45) is 17.8 Å². The van der Waals surface area contributed by atoms with Crippen LogP contribution >= 0.6 is 0 Å². The lowest BCUT2D eigenvalue weighted by Gasteiger charge is -2.35. The predicted molar refractivity (Wildman–Crippen MR) is 110 cm³/mol. The van der Waals surface area contributed by atoms with Crippen molar-refractivity contribution in [3.8, 4) is 0 Å². The Morgan fingerprint density at radius 3 is 2.27 bits per heavy atom.